The third kappa shape index (κ3) is 3.61. The molecule has 4 rings (SSSR count). The van der Waals surface area contributed by atoms with E-state index < -0.39 is 5.60 Å². The number of aliphatic hydroxyl groups is 1. The van der Waals surface area contributed by atoms with Gasteiger partial charge in [-0.3, -0.25) is 0 Å². The van der Waals surface area contributed by atoms with Crippen molar-refractivity contribution >= 4 is 34.1 Å². The van der Waals surface area contributed by atoms with Crippen LogP contribution in [0.4, 0.5) is 10.2 Å². The number of hydrogen-bond acceptors (Lipinski definition) is 6. The summed E-state index contributed by atoms with van der Waals surface area (Å²) in [6, 6.07) is 7.66. The lowest BCUT2D eigenvalue weighted by atomic mass is 10.1. The van der Waals surface area contributed by atoms with E-state index in [9.17, 15) is 9.50 Å². The Kier molecular flexibility index (Phi) is 4.40. The standard InChI is InChI=1S/C19H18ClFN6O/c1-10-18(24-13-6-11(21)4-5-12(13)23-10)14-7-17-25-15(20)8-16(27(17)26-14)22-9-19(2,3)28/h4-8,22,28H,9H2,1-3H3. The molecule has 0 saturated carbocycles. The summed E-state index contributed by atoms with van der Waals surface area (Å²) in [5.41, 5.74) is 2.40. The quantitative estimate of drug-likeness (QED) is 0.509. The highest BCUT2D eigenvalue weighted by molar-refractivity contribution is 6.29. The largest absolute Gasteiger partial charge is 0.389 e. The molecule has 0 spiro atoms. The van der Waals surface area contributed by atoms with Crippen LogP contribution in [0.1, 0.15) is 19.5 Å². The monoisotopic (exact) mass is 400 g/mol. The van der Waals surface area contributed by atoms with Crippen molar-refractivity contribution < 1.29 is 9.50 Å². The fourth-order valence-electron chi connectivity index (χ4n) is 2.85. The molecule has 0 aliphatic carbocycles. The van der Waals surface area contributed by atoms with Gasteiger partial charge in [-0.15, -0.1) is 0 Å². The average molecular weight is 401 g/mol. The number of anilines is 1. The lowest BCUT2D eigenvalue weighted by Crippen LogP contribution is -2.30. The summed E-state index contributed by atoms with van der Waals surface area (Å²) in [7, 11) is 0. The summed E-state index contributed by atoms with van der Waals surface area (Å²) >= 11 is 6.13. The molecule has 0 aliphatic heterocycles. The number of rotatable bonds is 4. The molecule has 144 valence electrons. The molecule has 0 unspecified atom stereocenters. The fraction of sp³-hybridized carbons (Fsp3) is 0.263. The molecule has 0 amide bonds. The molecule has 7 nitrogen and oxygen atoms in total. The Bertz CT molecular complexity index is 1200. The molecule has 4 aromatic rings. The van der Waals surface area contributed by atoms with Crippen LogP contribution in [0.2, 0.25) is 5.15 Å². The summed E-state index contributed by atoms with van der Waals surface area (Å²) in [6.45, 7) is 5.51. The first-order chi connectivity index (χ1) is 13.2. The third-order valence-corrected chi connectivity index (χ3v) is 4.33. The van der Waals surface area contributed by atoms with Gasteiger partial charge >= 0.3 is 0 Å². The number of benzene rings is 1. The maximum absolute atomic E-state index is 13.6. The van der Waals surface area contributed by atoms with Crippen LogP contribution in [0.25, 0.3) is 28.1 Å². The zero-order chi connectivity index (χ0) is 20.1. The van der Waals surface area contributed by atoms with Gasteiger partial charge in [0.15, 0.2) is 5.65 Å². The average Bonchev–Trinajstić information content (AvgIpc) is 3.02. The van der Waals surface area contributed by atoms with E-state index >= 15 is 0 Å². The molecule has 1 aromatic carbocycles. The number of hydrogen-bond donors (Lipinski definition) is 2. The molecule has 0 radical (unpaired) electrons. The number of nitrogens with one attached hydrogen (secondary N) is 1. The highest BCUT2D eigenvalue weighted by Gasteiger charge is 2.17. The summed E-state index contributed by atoms with van der Waals surface area (Å²) in [5, 5.41) is 18.0. The van der Waals surface area contributed by atoms with E-state index in [1.165, 1.54) is 12.1 Å². The van der Waals surface area contributed by atoms with Gasteiger partial charge in [0.2, 0.25) is 0 Å². The molecule has 2 N–H and O–H groups in total. The van der Waals surface area contributed by atoms with Gasteiger partial charge in [0.05, 0.1) is 22.3 Å². The van der Waals surface area contributed by atoms with Crippen LogP contribution in [0, 0.1) is 12.7 Å². The molecule has 0 aliphatic rings. The Morgan fingerprint density at radius 2 is 1.93 bits per heavy atom. The van der Waals surface area contributed by atoms with E-state index in [-0.39, 0.29) is 5.82 Å². The Morgan fingerprint density at radius 3 is 2.68 bits per heavy atom. The normalized spacial score (nSPS) is 12.1. The van der Waals surface area contributed by atoms with E-state index in [1.807, 2.05) is 6.92 Å². The van der Waals surface area contributed by atoms with Crippen LogP contribution in [0.3, 0.4) is 0 Å². The van der Waals surface area contributed by atoms with E-state index in [4.69, 9.17) is 11.6 Å². The number of aromatic nitrogens is 5. The minimum Gasteiger partial charge on any atom is -0.389 e. The van der Waals surface area contributed by atoms with Crippen molar-refractivity contribution in [3.63, 3.8) is 0 Å². The zero-order valence-corrected chi connectivity index (χ0v) is 16.3. The second-order valence-electron chi connectivity index (χ2n) is 7.22. The van der Waals surface area contributed by atoms with E-state index in [0.29, 0.717) is 51.3 Å². The van der Waals surface area contributed by atoms with Crippen molar-refractivity contribution in [3.8, 4) is 11.4 Å². The van der Waals surface area contributed by atoms with Gasteiger partial charge < -0.3 is 10.4 Å². The molecular formula is C19H18ClFN6O. The van der Waals surface area contributed by atoms with Crippen molar-refractivity contribution in [2.24, 2.45) is 0 Å². The van der Waals surface area contributed by atoms with E-state index in [0.717, 1.165) is 0 Å². The van der Waals surface area contributed by atoms with Crippen LogP contribution >= 0.6 is 11.6 Å². The zero-order valence-electron chi connectivity index (χ0n) is 15.5. The highest BCUT2D eigenvalue weighted by Crippen LogP contribution is 2.26. The summed E-state index contributed by atoms with van der Waals surface area (Å²) in [5.74, 6) is 0.207. The number of fused-ring (bicyclic) bond motifs is 2. The van der Waals surface area contributed by atoms with Gasteiger partial charge in [-0.05, 0) is 32.9 Å². The van der Waals surface area contributed by atoms with Gasteiger partial charge in [-0.2, -0.15) is 9.61 Å². The van der Waals surface area contributed by atoms with Crippen molar-refractivity contribution in [1.82, 2.24) is 24.6 Å². The van der Waals surface area contributed by atoms with Crippen LogP contribution in [-0.2, 0) is 0 Å². The Morgan fingerprint density at radius 1 is 1.14 bits per heavy atom. The minimum atomic E-state index is -0.914. The fourth-order valence-corrected chi connectivity index (χ4v) is 3.04. The maximum atomic E-state index is 13.6. The number of halogens is 2. The van der Waals surface area contributed by atoms with Gasteiger partial charge in [0.25, 0.3) is 0 Å². The van der Waals surface area contributed by atoms with Gasteiger partial charge in [0.1, 0.15) is 28.2 Å². The first-order valence-corrected chi connectivity index (χ1v) is 9.04. The topological polar surface area (TPSA) is 88.2 Å². The van der Waals surface area contributed by atoms with Crippen molar-refractivity contribution in [2.75, 3.05) is 11.9 Å². The van der Waals surface area contributed by atoms with Crippen LogP contribution in [-0.4, -0.2) is 41.8 Å². The third-order valence-electron chi connectivity index (χ3n) is 4.14. The van der Waals surface area contributed by atoms with Gasteiger partial charge in [-0.1, -0.05) is 11.6 Å². The van der Waals surface area contributed by atoms with E-state index in [1.54, 1.807) is 36.6 Å². The molecule has 0 saturated heterocycles. The Balaban J connectivity index is 1.84. The van der Waals surface area contributed by atoms with Crippen LogP contribution < -0.4 is 5.32 Å². The molecule has 28 heavy (non-hydrogen) atoms. The van der Waals surface area contributed by atoms with Crippen molar-refractivity contribution in [3.05, 3.63) is 47.0 Å². The lowest BCUT2D eigenvalue weighted by Gasteiger charge is -2.18. The lowest BCUT2D eigenvalue weighted by molar-refractivity contribution is 0.0944. The molecular weight excluding hydrogens is 383 g/mol. The second kappa shape index (κ2) is 6.65. The predicted octanol–water partition coefficient (Wildman–Crippen LogP) is 3.62. The van der Waals surface area contributed by atoms with Crippen molar-refractivity contribution in [1.29, 1.82) is 0 Å². The summed E-state index contributed by atoms with van der Waals surface area (Å²) in [4.78, 5) is 13.3. The minimum absolute atomic E-state index is 0.292. The van der Waals surface area contributed by atoms with Crippen molar-refractivity contribution in [2.45, 2.75) is 26.4 Å². The maximum Gasteiger partial charge on any atom is 0.159 e. The molecule has 0 atom stereocenters. The molecule has 0 bridgehead atoms. The van der Waals surface area contributed by atoms with Crippen LogP contribution in [0.5, 0.6) is 0 Å². The predicted molar refractivity (Wildman–Crippen MR) is 106 cm³/mol. The smallest absolute Gasteiger partial charge is 0.159 e. The molecule has 3 aromatic heterocycles. The van der Waals surface area contributed by atoms with Crippen LogP contribution in [0.15, 0.2) is 30.3 Å². The Hall–Kier alpha value is -2.84. The molecule has 9 heteroatoms. The number of aryl methyl sites for hydroxylation is 1. The Labute approximate surface area is 165 Å². The first kappa shape index (κ1) is 18.5. The number of nitrogens with zero attached hydrogens (tertiary/aromatic N) is 5. The summed E-state index contributed by atoms with van der Waals surface area (Å²) < 4.78 is 15.2. The SMILES string of the molecule is Cc1nc2ccc(F)cc2nc1-c1cc2nc(Cl)cc(NCC(C)(C)O)n2n1. The highest BCUT2D eigenvalue weighted by atomic mass is 35.5. The molecule has 3 heterocycles. The van der Waals surface area contributed by atoms with E-state index in [2.05, 4.69) is 25.4 Å². The second-order valence-corrected chi connectivity index (χ2v) is 7.61. The first-order valence-electron chi connectivity index (χ1n) is 8.66. The van der Waals surface area contributed by atoms with Gasteiger partial charge in [0, 0.05) is 24.7 Å². The summed E-state index contributed by atoms with van der Waals surface area (Å²) in [6.07, 6.45) is 0. The van der Waals surface area contributed by atoms with Gasteiger partial charge in [-0.25, -0.2) is 19.3 Å². The molecule has 0 fully saturated rings.